The molecule has 0 saturated carbocycles. The lowest BCUT2D eigenvalue weighted by atomic mass is 10.1. The summed E-state index contributed by atoms with van der Waals surface area (Å²) in [5, 5.41) is 2.78. The fourth-order valence-electron chi connectivity index (χ4n) is 1.28. The van der Waals surface area contributed by atoms with E-state index in [1.54, 1.807) is 0 Å². The molecule has 1 aromatic carbocycles. The Hall–Kier alpha value is -0.290. The second-order valence-electron chi connectivity index (χ2n) is 3.10. The van der Waals surface area contributed by atoms with E-state index in [0.717, 1.165) is 16.8 Å². The summed E-state index contributed by atoms with van der Waals surface area (Å²) in [6.07, 6.45) is 0. The summed E-state index contributed by atoms with van der Waals surface area (Å²) in [6, 6.07) is 4.05. The summed E-state index contributed by atoms with van der Waals surface area (Å²) in [6.45, 7) is 3.94. The van der Waals surface area contributed by atoms with Crippen LogP contribution in [-0.2, 0) is 4.79 Å². The van der Waals surface area contributed by atoms with E-state index < -0.39 is 0 Å². The average molecular weight is 324 g/mol. The number of halogens is 2. The van der Waals surface area contributed by atoms with Crippen molar-refractivity contribution >= 4 is 45.8 Å². The Labute approximate surface area is 102 Å². The van der Waals surface area contributed by atoms with Gasteiger partial charge in [-0.25, -0.2) is 0 Å². The van der Waals surface area contributed by atoms with Gasteiger partial charge in [-0.05, 0) is 59.7 Å². The van der Waals surface area contributed by atoms with E-state index in [1.807, 2.05) is 26.0 Å². The van der Waals surface area contributed by atoms with Crippen LogP contribution in [-0.4, -0.2) is 11.8 Å². The minimum atomic E-state index is -0.168. The van der Waals surface area contributed by atoms with Crippen molar-refractivity contribution in [3.8, 4) is 0 Å². The zero-order valence-electron chi connectivity index (χ0n) is 8.03. The maximum absolute atomic E-state index is 11.1. The first-order valence-corrected chi connectivity index (χ1v) is 5.78. The predicted octanol–water partition coefficient (Wildman–Crippen LogP) is 3.09. The third-order valence-electron chi connectivity index (χ3n) is 1.88. The first-order valence-electron chi connectivity index (χ1n) is 4.17. The smallest absolute Gasteiger partial charge is 0.239 e. The van der Waals surface area contributed by atoms with E-state index in [1.165, 1.54) is 3.57 Å². The molecule has 76 valence electrons. The van der Waals surface area contributed by atoms with Crippen LogP contribution in [0.3, 0.4) is 0 Å². The number of carbonyl (C=O) groups excluding carboxylic acids is 1. The molecule has 0 saturated heterocycles. The van der Waals surface area contributed by atoms with E-state index in [2.05, 4.69) is 27.9 Å². The number of hydrogen-bond acceptors (Lipinski definition) is 1. The minimum absolute atomic E-state index is 0.00906. The third-order valence-corrected chi connectivity index (χ3v) is 2.75. The second-order valence-corrected chi connectivity index (χ2v) is 4.61. The van der Waals surface area contributed by atoms with Gasteiger partial charge in [-0.1, -0.05) is 0 Å². The molecule has 0 aliphatic rings. The van der Waals surface area contributed by atoms with Gasteiger partial charge in [0.25, 0.3) is 0 Å². The maximum atomic E-state index is 11.1. The number of alkyl halides is 1. The molecular weight excluding hydrogens is 312 g/mol. The molecule has 0 aliphatic heterocycles. The second kappa shape index (κ2) is 4.98. The lowest BCUT2D eigenvalue weighted by Crippen LogP contribution is -2.14. The molecule has 2 nitrogen and oxygen atoms in total. The van der Waals surface area contributed by atoms with Gasteiger partial charge in [0.1, 0.15) is 5.88 Å². The van der Waals surface area contributed by atoms with Gasteiger partial charge in [0.2, 0.25) is 5.91 Å². The van der Waals surface area contributed by atoms with Crippen LogP contribution < -0.4 is 5.32 Å². The van der Waals surface area contributed by atoms with Crippen LogP contribution in [0, 0.1) is 17.4 Å². The Morgan fingerprint density at radius 1 is 1.43 bits per heavy atom. The molecule has 4 heteroatoms. The number of aryl methyl sites for hydroxylation is 2. The molecule has 0 radical (unpaired) electrons. The lowest BCUT2D eigenvalue weighted by molar-refractivity contribution is -0.113. The molecule has 14 heavy (non-hydrogen) atoms. The van der Waals surface area contributed by atoms with E-state index in [9.17, 15) is 4.79 Å². The van der Waals surface area contributed by atoms with Crippen LogP contribution >= 0.6 is 34.2 Å². The van der Waals surface area contributed by atoms with Crippen LogP contribution in [0.25, 0.3) is 0 Å². The fourth-order valence-corrected chi connectivity index (χ4v) is 2.28. The van der Waals surface area contributed by atoms with Crippen molar-refractivity contribution in [2.45, 2.75) is 13.8 Å². The SMILES string of the molecule is Cc1cc(I)cc(C)c1NC(=O)CCl. The summed E-state index contributed by atoms with van der Waals surface area (Å²) in [5.74, 6) is -0.177. The Balaban J connectivity index is 3.02. The quantitative estimate of drug-likeness (QED) is 0.658. The topological polar surface area (TPSA) is 29.1 Å². The first kappa shape index (κ1) is 11.8. The van der Waals surface area contributed by atoms with Gasteiger partial charge in [0.05, 0.1) is 0 Å². The van der Waals surface area contributed by atoms with Gasteiger partial charge < -0.3 is 5.32 Å². The Morgan fingerprint density at radius 3 is 2.36 bits per heavy atom. The van der Waals surface area contributed by atoms with Gasteiger partial charge in [-0.3, -0.25) is 4.79 Å². The van der Waals surface area contributed by atoms with Crippen molar-refractivity contribution < 1.29 is 4.79 Å². The first-order chi connectivity index (χ1) is 6.54. The Kier molecular flexibility index (Phi) is 4.19. The summed E-state index contributed by atoms with van der Waals surface area (Å²) in [5.41, 5.74) is 3.00. The molecule has 1 rings (SSSR count). The van der Waals surface area contributed by atoms with E-state index in [4.69, 9.17) is 11.6 Å². The van der Waals surface area contributed by atoms with Crippen LogP contribution in [0.5, 0.6) is 0 Å². The van der Waals surface area contributed by atoms with Gasteiger partial charge in [0.15, 0.2) is 0 Å². The van der Waals surface area contributed by atoms with Crippen molar-refractivity contribution in [2.24, 2.45) is 0 Å². The zero-order chi connectivity index (χ0) is 10.7. The predicted molar refractivity (Wildman–Crippen MR) is 68.0 cm³/mol. The highest BCUT2D eigenvalue weighted by Crippen LogP contribution is 2.22. The molecule has 0 heterocycles. The number of nitrogens with one attached hydrogen (secondary N) is 1. The molecule has 0 aliphatic carbocycles. The summed E-state index contributed by atoms with van der Waals surface area (Å²) >= 11 is 7.68. The summed E-state index contributed by atoms with van der Waals surface area (Å²) < 4.78 is 1.17. The molecule has 0 spiro atoms. The lowest BCUT2D eigenvalue weighted by Gasteiger charge is -2.11. The average Bonchev–Trinajstić information content (AvgIpc) is 2.10. The molecular formula is C10H11ClINO. The van der Waals surface area contributed by atoms with Crippen LogP contribution in [0.2, 0.25) is 0 Å². The molecule has 1 N–H and O–H groups in total. The van der Waals surface area contributed by atoms with Crippen molar-refractivity contribution in [1.29, 1.82) is 0 Å². The minimum Gasteiger partial charge on any atom is -0.325 e. The third kappa shape index (κ3) is 2.85. The molecule has 0 atom stereocenters. The highest BCUT2D eigenvalue weighted by molar-refractivity contribution is 14.1. The largest absolute Gasteiger partial charge is 0.325 e. The van der Waals surface area contributed by atoms with Crippen molar-refractivity contribution in [1.82, 2.24) is 0 Å². The van der Waals surface area contributed by atoms with Crippen LogP contribution in [0.4, 0.5) is 5.69 Å². The zero-order valence-corrected chi connectivity index (χ0v) is 10.9. The number of amides is 1. The molecule has 1 aromatic rings. The molecule has 0 bridgehead atoms. The van der Waals surface area contributed by atoms with Gasteiger partial charge >= 0.3 is 0 Å². The van der Waals surface area contributed by atoms with Crippen molar-refractivity contribution in [2.75, 3.05) is 11.2 Å². The summed E-state index contributed by atoms with van der Waals surface area (Å²) in [7, 11) is 0. The van der Waals surface area contributed by atoms with Crippen LogP contribution in [0.1, 0.15) is 11.1 Å². The van der Waals surface area contributed by atoms with Gasteiger partial charge in [-0.15, -0.1) is 11.6 Å². The summed E-state index contributed by atoms with van der Waals surface area (Å²) in [4.78, 5) is 11.1. The molecule has 0 fully saturated rings. The van der Waals surface area contributed by atoms with E-state index >= 15 is 0 Å². The fraction of sp³-hybridized carbons (Fsp3) is 0.300. The Morgan fingerprint density at radius 2 is 1.93 bits per heavy atom. The number of hydrogen-bond donors (Lipinski definition) is 1. The van der Waals surface area contributed by atoms with Gasteiger partial charge in [0, 0.05) is 9.26 Å². The monoisotopic (exact) mass is 323 g/mol. The number of anilines is 1. The van der Waals surface area contributed by atoms with Crippen molar-refractivity contribution in [3.05, 3.63) is 26.8 Å². The molecule has 0 unspecified atom stereocenters. The van der Waals surface area contributed by atoms with E-state index in [0.29, 0.717) is 0 Å². The Bertz CT molecular complexity index is 342. The van der Waals surface area contributed by atoms with Gasteiger partial charge in [-0.2, -0.15) is 0 Å². The highest BCUT2D eigenvalue weighted by atomic mass is 127. The molecule has 0 aromatic heterocycles. The number of rotatable bonds is 2. The maximum Gasteiger partial charge on any atom is 0.239 e. The van der Waals surface area contributed by atoms with Crippen molar-refractivity contribution in [3.63, 3.8) is 0 Å². The number of carbonyl (C=O) groups is 1. The normalized spacial score (nSPS) is 10.0. The highest BCUT2D eigenvalue weighted by Gasteiger charge is 2.06. The number of benzene rings is 1. The van der Waals surface area contributed by atoms with E-state index in [-0.39, 0.29) is 11.8 Å². The molecule has 1 amide bonds. The van der Waals surface area contributed by atoms with Crippen LogP contribution in [0.15, 0.2) is 12.1 Å². The standard InChI is InChI=1S/C10H11ClINO/c1-6-3-8(12)4-7(2)10(6)13-9(14)5-11/h3-4H,5H2,1-2H3,(H,13,14).